The molecule has 1 aromatic heterocycles. The van der Waals surface area contributed by atoms with Gasteiger partial charge >= 0.3 is 5.97 Å². The first-order chi connectivity index (χ1) is 10.2. The van der Waals surface area contributed by atoms with Crippen molar-refractivity contribution in [1.29, 1.82) is 0 Å². The van der Waals surface area contributed by atoms with Gasteiger partial charge in [0.1, 0.15) is 18.6 Å². The number of nitrogen functional groups attached to an aromatic ring is 1. The molecule has 1 aromatic carbocycles. The molecule has 0 unspecified atom stereocenters. The fraction of sp³-hybridized carbons (Fsp3) is 0.286. The maximum atomic E-state index is 11.4. The molecule has 0 aliphatic rings. The molecule has 0 aliphatic carbocycles. The molecule has 0 aliphatic heterocycles. The van der Waals surface area contributed by atoms with Crippen molar-refractivity contribution in [3.63, 3.8) is 0 Å². The van der Waals surface area contributed by atoms with Crippen LogP contribution >= 0.6 is 0 Å². The molecule has 7 nitrogen and oxygen atoms in total. The van der Waals surface area contributed by atoms with Crippen molar-refractivity contribution in [2.24, 2.45) is 0 Å². The van der Waals surface area contributed by atoms with Crippen LogP contribution in [0.25, 0.3) is 0 Å². The van der Waals surface area contributed by atoms with Crippen LogP contribution in [0.4, 0.5) is 11.7 Å². The van der Waals surface area contributed by atoms with Gasteiger partial charge in [0.15, 0.2) is 5.69 Å². The van der Waals surface area contributed by atoms with E-state index in [0.29, 0.717) is 25.4 Å². The molecule has 0 spiro atoms. The van der Waals surface area contributed by atoms with E-state index >= 15 is 0 Å². The number of ether oxygens (including phenoxy) is 2. The lowest BCUT2D eigenvalue weighted by atomic mass is 10.3. The monoisotopic (exact) mass is 291 g/mol. The third-order valence-electron chi connectivity index (χ3n) is 2.52. The third kappa shape index (κ3) is 4.41. The van der Waals surface area contributed by atoms with Crippen LogP contribution in [-0.4, -0.2) is 30.7 Å². The Balaban J connectivity index is 1.73. The van der Waals surface area contributed by atoms with Crippen LogP contribution in [0, 0.1) is 0 Å². The Bertz CT molecular complexity index is 580. The van der Waals surface area contributed by atoms with Gasteiger partial charge in [0.2, 0.25) is 0 Å². The van der Waals surface area contributed by atoms with Crippen LogP contribution in [0.1, 0.15) is 17.4 Å². The maximum Gasteiger partial charge on any atom is 0.360 e. The Kier molecular flexibility index (Phi) is 5.03. The highest BCUT2D eigenvalue weighted by molar-refractivity contribution is 5.87. The molecule has 2 rings (SSSR count). The molecule has 0 fully saturated rings. The number of carbonyl (C=O) groups is 1. The second-order valence-electron chi connectivity index (χ2n) is 4.10. The second kappa shape index (κ2) is 7.18. The number of rotatable bonds is 7. The van der Waals surface area contributed by atoms with Gasteiger partial charge in [0, 0.05) is 5.69 Å². The number of benzene rings is 1. The fourth-order valence-corrected chi connectivity index (χ4v) is 1.54. The summed E-state index contributed by atoms with van der Waals surface area (Å²) in [4.78, 5) is 15.4. The minimum Gasteiger partial charge on any atom is -0.492 e. The molecule has 1 heterocycles. The molecule has 0 saturated heterocycles. The van der Waals surface area contributed by atoms with E-state index in [1.54, 1.807) is 31.2 Å². The number of esters is 1. The van der Waals surface area contributed by atoms with Gasteiger partial charge in [0.25, 0.3) is 6.01 Å². The predicted molar refractivity (Wildman–Crippen MR) is 77.3 cm³/mol. The van der Waals surface area contributed by atoms with Gasteiger partial charge in [-0.05, 0) is 31.2 Å². The first-order valence-electron chi connectivity index (χ1n) is 6.54. The number of carbonyl (C=O) groups excluding carboxylic acids is 1. The van der Waals surface area contributed by atoms with Gasteiger partial charge in [0.05, 0.1) is 13.2 Å². The number of hydrogen-bond acceptors (Lipinski definition) is 7. The van der Waals surface area contributed by atoms with Gasteiger partial charge < -0.3 is 24.9 Å². The zero-order valence-electron chi connectivity index (χ0n) is 11.7. The van der Waals surface area contributed by atoms with E-state index in [1.165, 1.54) is 6.26 Å². The molecular weight excluding hydrogens is 274 g/mol. The van der Waals surface area contributed by atoms with Gasteiger partial charge in [-0.2, -0.15) is 4.98 Å². The lowest BCUT2D eigenvalue weighted by Crippen LogP contribution is -2.12. The fourth-order valence-electron chi connectivity index (χ4n) is 1.54. The van der Waals surface area contributed by atoms with Crippen LogP contribution < -0.4 is 15.8 Å². The molecule has 0 saturated carbocycles. The van der Waals surface area contributed by atoms with Gasteiger partial charge in [-0.3, -0.25) is 0 Å². The van der Waals surface area contributed by atoms with Crippen LogP contribution in [-0.2, 0) is 4.74 Å². The van der Waals surface area contributed by atoms with Crippen molar-refractivity contribution in [3.05, 3.63) is 36.2 Å². The molecule has 0 bridgehead atoms. The standard InChI is InChI=1S/C14H17N3O4/c1-2-19-13(18)12-9-21-14(17-12)16-7-8-20-11-5-3-10(15)4-6-11/h3-6,9H,2,7-8,15H2,1H3,(H,16,17). The van der Waals surface area contributed by atoms with E-state index in [4.69, 9.17) is 19.6 Å². The molecule has 112 valence electrons. The molecule has 21 heavy (non-hydrogen) atoms. The Morgan fingerprint density at radius 3 is 2.86 bits per heavy atom. The van der Waals surface area contributed by atoms with Crippen LogP contribution in [0.3, 0.4) is 0 Å². The Hall–Kier alpha value is -2.70. The van der Waals surface area contributed by atoms with Crippen molar-refractivity contribution in [2.75, 3.05) is 30.8 Å². The molecule has 0 radical (unpaired) electrons. The van der Waals surface area contributed by atoms with E-state index in [9.17, 15) is 4.79 Å². The Morgan fingerprint density at radius 2 is 2.14 bits per heavy atom. The van der Waals surface area contributed by atoms with Gasteiger partial charge in [-0.15, -0.1) is 0 Å². The van der Waals surface area contributed by atoms with Gasteiger partial charge in [-0.1, -0.05) is 0 Å². The first-order valence-corrected chi connectivity index (χ1v) is 6.54. The molecule has 7 heteroatoms. The third-order valence-corrected chi connectivity index (χ3v) is 2.52. The number of nitrogens with one attached hydrogen (secondary N) is 1. The minimum atomic E-state index is -0.507. The number of anilines is 2. The zero-order chi connectivity index (χ0) is 15.1. The second-order valence-corrected chi connectivity index (χ2v) is 4.10. The summed E-state index contributed by atoms with van der Waals surface area (Å²) in [7, 11) is 0. The van der Waals surface area contributed by atoms with Crippen LogP contribution in [0.2, 0.25) is 0 Å². The average Bonchev–Trinajstić information content (AvgIpc) is 2.95. The summed E-state index contributed by atoms with van der Waals surface area (Å²) in [5.74, 6) is 0.220. The highest BCUT2D eigenvalue weighted by atomic mass is 16.5. The Morgan fingerprint density at radius 1 is 1.38 bits per heavy atom. The highest BCUT2D eigenvalue weighted by Crippen LogP contribution is 2.13. The molecule has 3 N–H and O–H groups in total. The van der Waals surface area contributed by atoms with Crippen molar-refractivity contribution in [1.82, 2.24) is 4.98 Å². The predicted octanol–water partition coefficient (Wildman–Crippen LogP) is 1.92. The summed E-state index contributed by atoms with van der Waals surface area (Å²) in [5.41, 5.74) is 6.40. The van der Waals surface area contributed by atoms with E-state index in [1.807, 2.05) is 0 Å². The van der Waals surface area contributed by atoms with Crippen molar-refractivity contribution in [3.8, 4) is 5.75 Å². The van der Waals surface area contributed by atoms with Crippen LogP contribution in [0.5, 0.6) is 5.75 Å². The zero-order valence-corrected chi connectivity index (χ0v) is 11.7. The SMILES string of the molecule is CCOC(=O)c1coc(NCCOc2ccc(N)cc2)n1. The molecular formula is C14H17N3O4. The van der Waals surface area contributed by atoms with E-state index in [-0.39, 0.29) is 11.7 Å². The lowest BCUT2D eigenvalue weighted by Gasteiger charge is -2.06. The summed E-state index contributed by atoms with van der Waals surface area (Å²) in [6.07, 6.45) is 1.25. The first kappa shape index (κ1) is 14.7. The van der Waals surface area contributed by atoms with Crippen molar-refractivity contribution >= 4 is 17.7 Å². The van der Waals surface area contributed by atoms with E-state index in [2.05, 4.69) is 10.3 Å². The summed E-state index contributed by atoms with van der Waals surface area (Å²) >= 11 is 0. The number of nitrogens with zero attached hydrogens (tertiary/aromatic N) is 1. The summed E-state index contributed by atoms with van der Waals surface area (Å²) in [6, 6.07) is 7.36. The number of nitrogens with two attached hydrogens (primary N) is 1. The minimum absolute atomic E-state index is 0.138. The summed E-state index contributed by atoms with van der Waals surface area (Å²) in [5, 5.41) is 2.91. The molecule has 2 aromatic rings. The van der Waals surface area contributed by atoms with Gasteiger partial charge in [-0.25, -0.2) is 4.79 Å². The largest absolute Gasteiger partial charge is 0.492 e. The smallest absolute Gasteiger partial charge is 0.360 e. The normalized spacial score (nSPS) is 10.1. The number of aromatic nitrogens is 1. The summed E-state index contributed by atoms with van der Waals surface area (Å²) < 4.78 is 15.4. The van der Waals surface area contributed by atoms with E-state index in [0.717, 1.165) is 5.75 Å². The maximum absolute atomic E-state index is 11.4. The van der Waals surface area contributed by atoms with Crippen LogP contribution in [0.15, 0.2) is 34.9 Å². The topological polar surface area (TPSA) is 99.6 Å². The highest BCUT2D eigenvalue weighted by Gasteiger charge is 2.12. The quantitative estimate of drug-likeness (QED) is 0.456. The lowest BCUT2D eigenvalue weighted by molar-refractivity contribution is 0.0519. The molecule has 0 atom stereocenters. The average molecular weight is 291 g/mol. The van der Waals surface area contributed by atoms with E-state index < -0.39 is 5.97 Å². The number of oxazole rings is 1. The van der Waals surface area contributed by atoms with Crippen molar-refractivity contribution in [2.45, 2.75) is 6.92 Å². The van der Waals surface area contributed by atoms with Crippen molar-refractivity contribution < 1.29 is 18.7 Å². The molecule has 0 amide bonds. The Labute approximate surface area is 122 Å². The summed E-state index contributed by atoms with van der Waals surface area (Å²) in [6.45, 7) is 2.92. The number of hydrogen-bond donors (Lipinski definition) is 2.